The van der Waals surface area contributed by atoms with Crippen molar-refractivity contribution in [2.24, 2.45) is 5.92 Å². The molecule has 7 heteroatoms. The molecule has 3 aromatic rings. The first-order chi connectivity index (χ1) is 17.4. The number of hydrogen-bond acceptors (Lipinski definition) is 4. The van der Waals surface area contributed by atoms with Crippen molar-refractivity contribution in [3.8, 4) is 5.75 Å². The van der Waals surface area contributed by atoms with Crippen molar-refractivity contribution >= 4 is 29.1 Å². The van der Waals surface area contributed by atoms with Crippen LogP contribution in [0.3, 0.4) is 0 Å². The molecule has 1 aliphatic heterocycles. The normalized spacial score (nSPS) is 15.0. The van der Waals surface area contributed by atoms with Gasteiger partial charge in [-0.15, -0.1) is 0 Å². The van der Waals surface area contributed by atoms with Crippen LogP contribution in [0.15, 0.2) is 72.8 Å². The van der Waals surface area contributed by atoms with Gasteiger partial charge in [-0.3, -0.25) is 14.4 Å². The van der Waals surface area contributed by atoms with Crippen molar-refractivity contribution in [3.05, 3.63) is 89.5 Å². The third kappa shape index (κ3) is 6.50. The molecule has 2 N–H and O–H groups in total. The molecule has 3 aromatic carbocycles. The zero-order valence-electron chi connectivity index (χ0n) is 20.6. The maximum Gasteiger partial charge on any atom is 0.262 e. The molecule has 1 atom stereocenters. The molecule has 0 saturated carbocycles. The molecule has 0 radical (unpaired) electrons. The van der Waals surface area contributed by atoms with E-state index in [1.165, 1.54) is 11.1 Å². The number of amides is 3. The van der Waals surface area contributed by atoms with Crippen molar-refractivity contribution < 1.29 is 19.1 Å². The highest BCUT2D eigenvalue weighted by atomic mass is 16.5. The Morgan fingerprint density at radius 1 is 0.944 bits per heavy atom. The van der Waals surface area contributed by atoms with E-state index >= 15 is 0 Å². The predicted octanol–water partition coefficient (Wildman–Crippen LogP) is 4.24. The summed E-state index contributed by atoms with van der Waals surface area (Å²) in [5, 5.41) is 5.75. The SMILES string of the molecule is CCc1ccc(NC(=O)COc2ccc(N3C[C@H](C(=O)NCc4ccc(C)cc4)CC3=O)cc2)cc1. The largest absolute Gasteiger partial charge is 0.484 e. The lowest BCUT2D eigenvalue weighted by Gasteiger charge is -2.17. The summed E-state index contributed by atoms with van der Waals surface area (Å²) in [6, 6.07) is 22.6. The molecule has 0 aliphatic carbocycles. The average Bonchev–Trinajstić information content (AvgIpc) is 3.29. The van der Waals surface area contributed by atoms with Gasteiger partial charge in [-0.1, -0.05) is 48.9 Å². The molecule has 1 saturated heterocycles. The van der Waals surface area contributed by atoms with Crippen LogP contribution < -0.4 is 20.3 Å². The highest BCUT2D eigenvalue weighted by Gasteiger charge is 2.35. The molecule has 1 aliphatic rings. The number of benzene rings is 3. The minimum atomic E-state index is -0.394. The average molecular weight is 486 g/mol. The van der Waals surface area contributed by atoms with Crippen molar-refractivity contribution in [2.45, 2.75) is 33.2 Å². The quantitative estimate of drug-likeness (QED) is 0.475. The van der Waals surface area contributed by atoms with Crippen LogP contribution in [-0.4, -0.2) is 30.9 Å². The Morgan fingerprint density at radius 3 is 2.28 bits per heavy atom. The molecule has 4 rings (SSSR count). The summed E-state index contributed by atoms with van der Waals surface area (Å²) in [5.41, 5.74) is 4.81. The molecule has 0 aromatic heterocycles. The van der Waals surface area contributed by atoms with E-state index in [4.69, 9.17) is 4.74 Å². The monoisotopic (exact) mass is 485 g/mol. The summed E-state index contributed by atoms with van der Waals surface area (Å²) in [7, 11) is 0. The second-order valence-corrected chi connectivity index (χ2v) is 8.99. The first kappa shape index (κ1) is 25.0. The number of ether oxygens (including phenoxy) is 1. The van der Waals surface area contributed by atoms with Crippen LogP contribution >= 0.6 is 0 Å². The van der Waals surface area contributed by atoms with Gasteiger partial charge in [0.15, 0.2) is 6.61 Å². The van der Waals surface area contributed by atoms with Crippen molar-refractivity contribution in [3.63, 3.8) is 0 Å². The van der Waals surface area contributed by atoms with Gasteiger partial charge in [-0.05, 0) is 60.9 Å². The lowest BCUT2D eigenvalue weighted by Crippen LogP contribution is -2.32. The summed E-state index contributed by atoms with van der Waals surface area (Å²) in [5.74, 6) is -0.338. The molecular formula is C29H31N3O4. The standard InChI is InChI=1S/C29H31N3O4/c1-3-21-8-10-24(11-9-21)31-27(33)19-36-26-14-12-25(13-15-26)32-18-23(16-28(32)34)29(35)30-17-22-6-4-20(2)5-7-22/h4-15,23H,3,16-19H2,1-2H3,(H,30,35)(H,31,33)/t23-/m1/s1. The van der Waals surface area contributed by atoms with Crippen molar-refractivity contribution in [1.29, 1.82) is 0 Å². The molecule has 36 heavy (non-hydrogen) atoms. The first-order valence-electron chi connectivity index (χ1n) is 12.2. The van der Waals surface area contributed by atoms with Gasteiger partial charge in [0.1, 0.15) is 5.75 Å². The predicted molar refractivity (Wildman–Crippen MR) is 140 cm³/mol. The second-order valence-electron chi connectivity index (χ2n) is 8.99. The molecule has 1 heterocycles. The number of anilines is 2. The van der Waals surface area contributed by atoms with E-state index in [1.54, 1.807) is 29.2 Å². The van der Waals surface area contributed by atoms with E-state index in [1.807, 2.05) is 55.5 Å². The van der Waals surface area contributed by atoms with Gasteiger partial charge in [0.25, 0.3) is 5.91 Å². The highest BCUT2D eigenvalue weighted by molar-refractivity contribution is 6.00. The van der Waals surface area contributed by atoms with Crippen LogP contribution in [0.1, 0.15) is 30.0 Å². The Hall–Kier alpha value is -4.13. The van der Waals surface area contributed by atoms with E-state index in [-0.39, 0.29) is 30.7 Å². The summed E-state index contributed by atoms with van der Waals surface area (Å²) < 4.78 is 5.59. The van der Waals surface area contributed by atoms with Gasteiger partial charge in [0.2, 0.25) is 11.8 Å². The minimum Gasteiger partial charge on any atom is -0.484 e. The minimum absolute atomic E-state index is 0.0902. The Morgan fingerprint density at radius 2 is 1.61 bits per heavy atom. The molecule has 0 unspecified atom stereocenters. The second kappa shape index (κ2) is 11.5. The van der Waals surface area contributed by atoms with Gasteiger partial charge < -0.3 is 20.3 Å². The van der Waals surface area contributed by atoms with Crippen LogP contribution in [-0.2, 0) is 27.3 Å². The van der Waals surface area contributed by atoms with Crippen LogP contribution in [0.25, 0.3) is 0 Å². The Balaban J connectivity index is 1.25. The fourth-order valence-electron chi connectivity index (χ4n) is 4.06. The van der Waals surface area contributed by atoms with E-state index in [2.05, 4.69) is 17.6 Å². The van der Waals surface area contributed by atoms with E-state index < -0.39 is 5.92 Å². The summed E-state index contributed by atoms with van der Waals surface area (Å²) in [6.07, 6.45) is 1.12. The number of nitrogens with one attached hydrogen (secondary N) is 2. The molecule has 1 fully saturated rings. The summed E-state index contributed by atoms with van der Waals surface area (Å²) in [4.78, 5) is 39.0. The number of carbonyl (C=O) groups excluding carboxylic acids is 3. The molecule has 186 valence electrons. The maximum absolute atomic E-state index is 12.6. The van der Waals surface area contributed by atoms with E-state index in [9.17, 15) is 14.4 Å². The Kier molecular flexibility index (Phi) is 8.00. The van der Waals surface area contributed by atoms with Crippen molar-refractivity contribution in [1.82, 2.24) is 5.32 Å². The lowest BCUT2D eigenvalue weighted by atomic mass is 10.1. The van der Waals surface area contributed by atoms with Gasteiger partial charge >= 0.3 is 0 Å². The summed E-state index contributed by atoms with van der Waals surface area (Å²) >= 11 is 0. The lowest BCUT2D eigenvalue weighted by molar-refractivity contribution is -0.126. The van der Waals surface area contributed by atoms with Crippen LogP contribution in [0, 0.1) is 12.8 Å². The van der Waals surface area contributed by atoms with E-state index in [0.29, 0.717) is 24.5 Å². The zero-order valence-corrected chi connectivity index (χ0v) is 20.6. The Bertz CT molecular complexity index is 1200. The number of aryl methyl sites for hydroxylation is 2. The number of rotatable bonds is 9. The topological polar surface area (TPSA) is 87.7 Å². The molecule has 3 amide bonds. The third-order valence-electron chi connectivity index (χ3n) is 6.25. The van der Waals surface area contributed by atoms with Gasteiger partial charge in [0, 0.05) is 30.9 Å². The van der Waals surface area contributed by atoms with Crippen LogP contribution in [0.4, 0.5) is 11.4 Å². The molecule has 7 nitrogen and oxygen atoms in total. The number of hydrogen-bond donors (Lipinski definition) is 2. The fraction of sp³-hybridized carbons (Fsp3) is 0.276. The van der Waals surface area contributed by atoms with Gasteiger partial charge in [0.05, 0.1) is 5.92 Å². The highest BCUT2D eigenvalue weighted by Crippen LogP contribution is 2.27. The molecule has 0 spiro atoms. The maximum atomic E-state index is 12.6. The molecular weight excluding hydrogens is 454 g/mol. The number of nitrogens with zero attached hydrogens (tertiary/aromatic N) is 1. The summed E-state index contributed by atoms with van der Waals surface area (Å²) in [6.45, 7) is 4.74. The van der Waals surface area contributed by atoms with Crippen LogP contribution in [0.5, 0.6) is 5.75 Å². The fourth-order valence-corrected chi connectivity index (χ4v) is 4.06. The van der Waals surface area contributed by atoms with E-state index in [0.717, 1.165) is 17.7 Å². The van der Waals surface area contributed by atoms with Gasteiger partial charge in [-0.2, -0.15) is 0 Å². The zero-order chi connectivity index (χ0) is 25.5. The first-order valence-corrected chi connectivity index (χ1v) is 12.2. The Labute approximate surface area is 211 Å². The third-order valence-corrected chi connectivity index (χ3v) is 6.25. The molecule has 0 bridgehead atoms. The number of carbonyl (C=O) groups is 3. The van der Waals surface area contributed by atoms with Gasteiger partial charge in [-0.25, -0.2) is 0 Å². The van der Waals surface area contributed by atoms with Crippen molar-refractivity contribution in [2.75, 3.05) is 23.4 Å². The van der Waals surface area contributed by atoms with Crippen LogP contribution in [0.2, 0.25) is 0 Å². The smallest absolute Gasteiger partial charge is 0.262 e.